The smallest absolute Gasteiger partial charge is 0.268 e. The molecule has 7 heteroatoms. The topological polar surface area (TPSA) is 71.5 Å². The minimum Gasteiger partial charge on any atom is -0.309 e. The number of hydrogen-bond donors (Lipinski definition) is 1. The first-order valence-corrected chi connectivity index (χ1v) is 7.06. The quantitative estimate of drug-likeness (QED) is 0.585. The summed E-state index contributed by atoms with van der Waals surface area (Å²) in [6.07, 6.45) is 3.38. The van der Waals surface area contributed by atoms with Crippen LogP contribution in [-0.2, 0) is 5.75 Å². The fraction of sp³-hybridized carbons (Fsp3) is 0.0909. The van der Waals surface area contributed by atoms with Crippen LogP contribution < -0.4 is 5.56 Å². The number of hydrogen-bond acceptors (Lipinski definition) is 6. The Labute approximate surface area is 110 Å². The Balaban J connectivity index is 1.85. The molecule has 18 heavy (non-hydrogen) atoms. The van der Waals surface area contributed by atoms with E-state index in [0.717, 1.165) is 5.52 Å². The van der Waals surface area contributed by atoms with Crippen LogP contribution in [0.15, 0.2) is 39.9 Å². The number of thioether (sulfide) groups is 1. The maximum Gasteiger partial charge on any atom is 0.268 e. The van der Waals surface area contributed by atoms with Crippen molar-refractivity contribution in [3.63, 3.8) is 0 Å². The molecule has 0 fully saturated rings. The second kappa shape index (κ2) is 4.87. The standard InChI is InChI=1S/C11H8N4OS2/c16-10-9-7(2-5-17-9)14-8(15-10)6-18-11-12-3-1-4-13-11/h1-5H,6H2,(H,14,15,16). The van der Waals surface area contributed by atoms with Gasteiger partial charge in [-0.2, -0.15) is 0 Å². The van der Waals surface area contributed by atoms with Gasteiger partial charge in [0.25, 0.3) is 5.56 Å². The van der Waals surface area contributed by atoms with E-state index in [4.69, 9.17) is 0 Å². The van der Waals surface area contributed by atoms with Crippen molar-refractivity contribution in [1.82, 2.24) is 19.9 Å². The summed E-state index contributed by atoms with van der Waals surface area (Å²) in [4.78, 5) is 27.1. The summed E-state index contributed by atoms with van der Waals surface area (Å²) in [5, 5.41) is 2.54. The molecule has 0 saturated heterocycles. The molecule has 3 aromatic rings. The number of fused-ring (bicyclic) bond motifs is 1. The number of rotatable bonds is 3. The number of aromatic nitrogens is 4. The van der Waals surface area contributed by atoms with Crippen molar-refractivity contribution < 1.29 is 0 Å². The lowest BCUT2D eigenvalue weighted by Gasteiger charge is -1.99. The zero-order valence-corrected chi connectivity index (χ0v) is 10.8. The summed E-state index contributed by atoms with van der Waals surface area (Å²) in [6, 6.07) is 3.62. The van der Waals surface area contributed by atoms with E-state index in [1.54, 1.807) is 18.5 Å². The Bertz CT molecular complexity index is 722. The van der Waals surface area contributed by atoms with Crippen LogP contribution in [0, 0.1) is 0 Å². The van der Waals surface area contributed by atoms with E-state index in [9.17, 15) is 4.79 Å². The molecule has 3 heterocycles. The molecule has 1 N–H and O–H groups in total. The van der Waals surface area contributed by atoms with Gasteiger partial charge in [-0.1, -0.05) is 11.8 Å². The number of nitrogens with zero attached hydrogens (tertiary/aromatic N) is 3. The Kier molecular flexibility index (Phi) is 3.07. The summed E-state index contributed by atoms with van der Waals surface area (Å²) in [5.74, 6) is 1.19. The van der Waals surface area contributed by atoms with Gasteiger partial charge in [0, 0.05) is 12.4 Å². The molecule has 0 aliphatic rings. The summed E-state index contributed by atoms with van der Waals surface area (Å²) < 4.78 is 0.666. The van der Waals surface area contributed by atoms with Crippen molar-refractivity contribution in [2.24, 2.45) is 0 Å². The van der Waals surface area contributed by atoms with E-state index in [2.05, 4.69) is 19.9 Å². The second-order valence-electron chi connectivity index (χ2n) is 3.47. The lowest BCUT2D eigenvalue weighted by atomic mass is 10.4. The average Bonchev–Trinajstić information content (AvgIpc) is 2.86. The first kappa shape index (κ1) is 11.4. The predicted molar refractivity (Wildman–Crippen MR) is 71.8 cm³/mol. The van der Waals surface area contributed by atoms with Crippen LogP contribution in [0.5, 0.6) is 0 Å². The summed E-state index contributed by atoms with van der Waals surface area (Å²) in [6.45, 7) is 0. The third kappa shape index (κ3) is 2.27. The largest absolute Gasteiger partial charge is 0.309 e. The molecule has 0 aliphatic carbocycles. The van der Waals surface area contributed by atoms with Gasteiger partial charge in [-0.05, 0) is 17.5 Å². The first-order valence-electron chi connectivity index (χ1n) is 5.19. The van der Waals surface area contributed by atoms with Gasteiger partial charge in [-0.25, -0.2) is 15.0 Å². The van der Waals surface area contributed by atoms with Crippen LogP contribution in [0.3, 0.4) is 0 Å². The van der Waals surface area contributed by atoms with Gasteiger partial charge >= 0.3 is 0 Å². The Morgan fingerprint density at radius 3 is 3.00 bits per heavy atom. The van der Waals surface area contributed by atoms with Crippen molar-refractivity contribution >= 4 is 33.3 Å². The molecule has 0 unspecified atom stereocenters. The molecule has 0 radical (unpaired) electrons. The van der Waals surface area contributed by atoms with Gasteiger partial charge in [0.05, 0.1) is 11.3 Å². The SMILES string of the molecule is O=c1[nH]c(CSc2ncccn2)nc2ccsc12. The molecule has 3 rings (SSSR count). The number of thiophene rings is 1. The van der Waals surface area contributed by atoms with Gasteiger partial charge in [0.1, 0.15) is 10.5 Å². The third-order valence-electron chi connectivity index (χ3n) is 2.24. The van der Waals surface area contributed by atoms with Crippen molar-refractivity contribution in [3.8, 4) is 0 Å². The van der Waals surface area contributed by atoms with Crippen LogP contribution in [0.25, 0.3) is 10.2 Å². The van der Waals surface area contributed by atoms with Gasteiger partial charge < -0.3 is 4.98 Å². The van der Waals surface area contributed by atoms with E-state index < -0.39 is 0 Å². The van der Waals surface area contributed by atoms with E-state index in [1.807, 2.05) is 11.4 Å². The number of H-pyrrole nitrogens is 1. The molecule has 90 valence electrons. The predicted octanol–water partition coefficient (Wildman–Crippen LogP) is 2.07. The van der Waals surface area contributed by atoms with Gasteiger partial charge in [0.15, 0.2) is 5.16 Å². The fourth-order valence-corrected chi connectivity index (χ4v) is 2.88. The van der Waals surface area contributed by atoms with Crippen LogP contribution in [0.1, 0.15) is 5.82 Å². The monoisotopic (exact) mass is 276 g/mol. The minimum absolute atomic E-state index is 0.0837. The molecule has 3 aromatic heterocycles. The molecular weight excluding hydrogens is 268 g/mol. The lowest BCUT2D eigenvalue weighted by Crippen LogP contribution is -2.09. The van der Waals surface area contributed by atoms with Crippen LogP contribution in [0.2, 0.25) is 0 Å². The molecule has 0 bridgehead atoms. The van der Waals surface area contributed by atoms with Gasteiger partial charge in [-0.15, -0.1) is 11.3 Å². The molecular formula is C11H8N4OS2. The summed E-state index contributed by atoms with van der Waals surface area (Å²) in [5.41, 5.74) is 0.660. The third-order valence-corrected chi connectivity index (χ3v) is 4.03. The van der Waals surface area contributed by atoms with Crippen LogP contribution >= 0.6 is 23.1 Å². The second-order valence-corrected chi connectivity index (χ2v) is 5.33. The molecule has 0 spiro atoms. The zero-order chi connectivity index (χ0) is 12.4. The van der Waals surface area contributed by atoms with Crippen LogP contribution in [-0.4, -0.2) is 19.9 Å². The molecule has 0 amide bonds. The average molecular weight is 276 g/mol. The first-order chi connectivity index (χ1) is 8.83. The highest BCUT2D eigenvalue weighted by atomic mass is 32.2. The van der Waals surface area contributed by atoms with Crippen molar-refractivity contribution in [3.05, 3.63) is 46.1 Å². The van der Waals surface area contributed by atoms with Crippen molar-refractivity contribution in [2.75, 3.05) is 0 Å². The highest BCUT2D eigenvalue weighted by molar-refractivity contribution is 7.98. The maximum absolute atomic E-state index is 11.7. The minimum atomic E-state index is -0.0837. The zero-order valence-electron chi connectivity index (χ0n) is 9.16. The van der Waals surface area contributed by atoms with Crippen molar-refractivity contribution in [2.45, 2.75) is 10.9 Å². The molecule has 0 atom stereocenters. The number of aromatic amines is 1. The van der Waals surface area contributed by atoms with Crippen molar-refractivity contribution in [1.29, 1.82) is 0 Å². The summed E-state index contributed by atoms with van der Waals surface area (Å²) >= 11 is 2.84. The molecule has 0 saturated carbocycles. The normalized spacial score (nSPS) is 10.9. The summed E-state index contributed by atoms with van der Waals surface area (Å²) in [7, 11) is 0. The Morgan fingerprint density at radius 2 is 2.17 bits per heavy atom. The number of nitrogens with one attached hydrogen (secondary N) is 1. The van der Waals surface area contributed by atoms with E-state index in [0.29, 0.717) is 21.4 Å². The molecule has 0 aromatic carbocycles. The fourth-order valence-electron chi connectivity index (χ4n) is 1.48. The van der Waals surface area contributed by atoms with E-state index in [-0.39, 0.29) is 5.56 Å². The lowest BCUT2D eigenvalue weighted by molar-refractivity contribution is 0.959. The molecule has 0 aliphatic heterocycles. The van der Waals surface area contributed by atoms with Gasteiger partial charge in [-0.3, -0.25) is 4.79 Å². The Morgan fingerprint density at radius 1 is 1.33 bits per heavy atom. The maximum atomic E-state index is 11.7. The highest BCUT2D eigenvalue weighted by Crippen LogP contribution is 2.18. The van der Waals surface area contributed by atoms with Gasteiger partial charge in [0.2, 0.25) is 0 Å². The van der Waals surface area contributed by atoms with E-state index >= 15 is 0 Å². The van der Waals surface area contributed by atoms with E-state index in [1.165, 1.54) is 23.1 Å². The Hall–Kier alpha value is -1.73. The molecule has 5 nitrogen and oxygen atoms in total. The highest BCUT2D eigenvalue weighted by Gasteiger charge is 2.06. The van der Waals surface area contributed by atoms with Crippen LogP contribution in [0.4, 0.5) is 0 Å².